The van der Waals surface area contributed by atoms with Gasteiger partial charge in [0.25, 0.3) is 5.91 Å². The number of fused-ring (bicyclic) bond motifs is 1. The van der Waals surface area contributed by atoms with Crippen LogP contribution < -0.4 is 4.90 Å². The van der Waals surface area contributed by atoms with Gasteiger partial charge in [-0.15, -0.1) is 0 Å². The van der Waals surface area contributed by atoms with Crippen LogP contribution in [0.15, 0.2) is 42.5 Å². The number of nitrogens with zero attached hydrogens (tertiary/aromatic N) is 1. The molecule has 1 aliphatic rings. The summed E-state index contributed by atoms with van der Waals surface area (Å²) in [5.41, 5.74) is 1.98. The summed E-state index contributed by atoms with van der Waals surface area (Å²) >= 11 is 5.87. The van der Waals surface area contributed by atoms with E-state index in [1.54, 1.807) is 4.90 Å². The third-order valence-electron chi connectivity index (χ3n) is 4.16. The van der Waals surface area contributed by atoms with E-state index in [2.05, 4.69) is 0 Å². The highest BCUT2D eigenvalue weighted by molar-refractivity contribution is 6.33. The molecule has 130 valence electrons. The maximum absolute atomic E-state index is 13.1. The highest BCUT2D eigenvalue weighted by atomic mass is 35.5. The summed E-state index contributed by atoms with van der Waals surface area (Å²) in [6.07, 6.45) is 0.798. The number of carbonyl (C=O) groups excluding carboxylic acids is 2. The number of halogens is 2. The van der Waals surface area contributed by atoms with Gasteiger partial charge in [-0.25, -0.2) is 9.18 Å². The molecule has 0 saturated heterocycles. The van der Waals surface area contributed by atoms with Crippen LogP contribution in [0, 0.1) is 5.82 Å². The summed E-state index contributed by atoms with van der Waals surface area (Å²) in [6, 6.07) is 11.1. The van der Waals surface area contributed by atoms with Crippen LogP contribution in [-0.2, 0) is 16.0 Å². The van der Waals surface area contributed by atoms with E-state index >= 15 is 0 Å². The number of carbonyl (C=O) groups is 2. The molecule has 2 aromatic carbocycles. The number of para-hydroxylation sites is 1. The molecule has 0 radical (unpaired) electrons. The monoisotopic (exact) mass is 361 g/mol. The minimum atomic E-state index is -0.972. The molecule has 6 heteroatoms. The molecule has 0 N–H and O–H groups in total. The van der Waals surface area contributed by atoms with Crippen LogP contribution in [-0.4, -0.2) is 24.5 Å². The standard InChI is InChI=1S/C19H17ClFNO3/c1-12(25-19(24)15-9-8-14(21)11-16(15)20)18(23)22-10-4-6-13-5-2-3-7-17(13)22/h2-3,5,7-9,11-12H,4,6,10H2,1H3. The first-order valence-corrected chi connectivity index (χ1v) is 8.40. The zero-order valence-corrected chi connectivity index (χ0v) is 14.4. The van der Waals surface area contributed by atoms with E-state index in [4.69, 9.17) is 16.3 Å². The molecule has 0 spiro atoms. The second-order valence-electron chi connectivity index (χ2n) is 5.89. The van der Waals surface area contributed by atoms with Crippen LogP contribution in [0.1, 0.15) is 29.3 Å². The van der Waals surface area contributed by atoms with Gasteiger partial charge in [0.05, 0.1) is 10.6 Å². The van der Waals surface area contributed by atoms with Gasteiger partial charge >= 0.3 is 5.97 Å². The Morgan fingerprint density at radius 2 is 2.00 bits per heavy atom. The van der Waals surface area contributed by atoms with Crippen molar-refractivity contribution in [3.05, 3.63) is 64.4 Å². The Morgan fingerprint density at radius 3 is 2.76 bits per heavy atom. The lowest BCUT2D eigenvalue weighted by molar-refractivity contribution is -0.126. The van der Waals surface area contributed by atoms with Gasteiger partial charge in [-0.05, 0) is 49.6 Å². The normalized spacial score (nSPS) is 14.6. The summed E-state index contributed by atoms with van der Waals surface area (Å²) in [5, 5.41) is -0.0482. The van der Waals surface area contributed by atoms with Crippen molar-refractivity contribution in [1.82, 2.24) is 0 Å². The number of amides is 1. The molecule has 1 amide bonds. The second kappa shape index (κ2) is 7.23. The average molecular weight is 362 g/mol. The van der Waals surface area contributed by atoms with E-state index in [-0.39, 0.29) is 16.5 Å². The van der Waals surface area contributed by atoms with Gasteiger partial charge in [0.15, 0.2) is 6.10 Å². The maximum Gasteiger partial charge on any atom is 0.340 e. The van der Waals surface area contributed by atoms with Crippen molar-refractivity contribution in [3.63, 3.8) is 0 Å². The van der Waals surface area contributed by atoms with Gasteiger partial charge in [-0.1, -0.05) is 29.8 Å². The number of rotatable bonds is 3. The molecule has 4 nitrogen and oxygen atoms in total. The predicted molar refractivity (Wildman–Crippen MR) is 93.4 cm³/mol. The first-order chi connectivity index (χ1) is 12.0. The maximum atomic E-state index is 13.1. The predicted octanol–water partition coefficient (Wildman–Crippen LogP) is 4.00. The minimum absolute atomic E-state index is 0.0294. The lowest BCUT2D eigenvalue weighted by Crippen LogP contribution is -2.42. The van der Waals surface area contributed by atoms with Crippen LogP contribution in [0.5, 0.6) is 0 Å². The summed E-state index contributed by atoms with van der Waals surface area (Å²) in [4.78, 5) is 26.6. The Kier molecular flexibility index (Phi) is 5.04. The molecule has 0 aromatic heterocycles. The van der Waals surface area contributed by atoms with Crippen molar-refractivity contribution >= 4 is 29.2 Å². The summed E-state index contributed by atoms with van der Waals surface area (Å²) in [5.74, 6) is -1.59. The first kappa shape index (κ1) is 17.4. The molecule has 1 unspecified atom stereocenters. The zero-order chi connectivity index (χ0) is 18.0. The third kappa shape index (κ3) is 3.66. The molecule has 0 saturated carbocycles. The van der Waals surface area contributed by atoms with Crippen molar-refractivity contribution in [1.29, 1.82) is 0 Å². The Hall–Kier alpha value is -2.40. The average Bonchev–Trinajstić information content (AvgIpc) is 2.60. The van der Waals surface area contributed by atoms with Gasteiger partial charge < -0.3 is 9.64 Å². The number of hydrogen-bond donors (Lipinski definition) is 0. The molecule has 1 heterocycles. The topological polar surface area (TPSA) is 46.6 Å². The Morgan fingerprint density at radius 1 is 1.24 bits per heavy atom. The fraction of sp³-hybridized carbons (Fsp3) is 0.263. The highest BCUT2D eigenvalue weighted by Gasteiger charge is 2.29. The number of hydrogen-bond acceptors (Lipinski definition) is 3. The lowest BCUT2D eigenvalue weighted by atomic mass is 10.0. The molecular weight excluding hydrogens is 345 g/mol. The van der Waals surface area contributed by atoms with Crippen molar-refractivity contribution in [2.45, 2.75) is 25.9 Å². The van der Waals surface area contributed by atoms with Crippen LogP contribution in [0.3, 0.4) is 0 Å². The second-order valence-corrected chi connectivity index (χ2v) is 6.30. The number of aryl methyl sites for hydroxylation is 1. The van der Waals surface area contributed by atoms with E-state index in [1.165, 1.54) is 13.0 Å². The number of esters is 1. The van der Waals surface area contributed by atoms with Crippen LogP contribution in [0.4, 0.5) is 10.1 Å². The van der Waals surface area contributed by atoms with Crippen LogP contribution in [0.2, 0.25) is 5.02 Å². The molecule has 1 aliphatic heterocycles. The molecule has 0 aliphatic carbocycles. The summed E-state index contributed by atoms with van der Waals surface area (Å²) in [7, 11) is 0. The molecule has 1 atom stereocenters. The van der Waals surface area contributed by atoms with E-state index in [1.807, 2.05) is 24.3 Å². The largest absolute Gasteiger partial charge is 0.449 e. The van der Waals surface area contributed by atoms with Gasteiger partial charge in [0.2, 0.25) is 0 Å². The molecule has 0 bridgehead atoms. The SMILES string of the molecule is CC(OC(=O)c1ccc(F)cc1Cl)C(=O)N1CCCc2ccccc21. The Bertz CT molecular complexity index is 824. The quantitative estimate of drug-likeness (QED) is 0.776. The first-order valence-electron chi connectivity index (χ1n) is 8.02. The molecule has 3 rings (SSSR count). The fourth-order valence-corrected chi connectivity index (χ4v) is 3.16. The van der Waals surface area contributed by atoms with E-state index in [0.29, 0.717) is 6.54 Å². The number of benzene rings is 2. The third-order valence-corrected chi connectivity index (χ3v) is 4.47. The highest BCUT2D eigenvalue weighted by Crippen LogP contribution is 2.27. The van der Waals surface area contributed by atoms with Gasteiger partial charge in [0.1, 0.15) is 5.82 Å². The molecular formula is C19H17ClFNO3. The molecule has 0 fully saturated rings. The summed E-state index contributed by atoms with van der Waals surface area (Å²) in [6.45, 7) is 2.10. The minimum Gasteiger partial charge on any atom is -0.449 e. The van der Waals surface area contributed by atoms with Gasteiger partial charge in [-0.2, -0.15) is 0 Å². The van der Waals surface area contributed by atoms with Crippen molar-refractivity contribution < 1.29 is 18.7 Å². The lowest BCUT2D eigenvalue weighted by Gasteiger charge is -2.31. The van der Waals surface area contributed by atoms with Crippen LogP contribution >= 0.6 is 11.6 Å². The van der Waals surface area contributed by atoms with Crippen LogP contribution in [0.25, 0.3) is 0 Å². The van der Waals surface area contributed by atoms with Crippen molar-refractivity contribution in [2.24, 2.45) is 0 Å². The van der Waals surface area contributed by atoms with Gasteiger partial charge in [-0.3, -0.25) is 4.79 Å². The van der Waals surface area contributed by atoms with Crippen molar-refractivity contribution in [3.8, 4) is 0 Å². The van der Waals surface area contributed by atoms with E-state index in [0.717, 1.165) is 36.2 Å². The summed E-state index contributed by atoms with van der Waals surface area (Å²) < 4.78 is 18.3. The Labute approximate surface area is 150 Å². The molecule has 25 heavy (non-hydrogen) atoms. The van der Waals surface area contributed by atoms with E-state index < -0.39 is 17.9 Å². The number of anilines is 1. The molecule has 2 aromatic rings. The number of ether oxygens (including phenoxy) is 1. The fourth-order valence-electron chi connectivity index (χ4n) is 2.91. The van der Waals surface area contributed by atoms with Gasteiger partial charge in [0, 0.05) is 12.2 Å². The Balaban J connectivity index is 1.74. The van der Waals surface area contributed by atoms with Crippen molar-refractivity contribution in [2.75, 3.05) is 11.4 Å². The zero-order valence-electron chi connectivity index (χ0n) is 13.7. The smallest absolute Gasteiger partial charge is 0.340 e. The van der Waals surface area contributed by atoms with E-state index in [9.17, 15) is 14.0 Å².